The third-order valence-corrected chi connectivity index (χ3v) is 5.05. The van der Waals surface area contributed by atoms with E-state index in [1.165, 1.54) is 12.3 Å². The molecule has 0 radical (unpaired) electrons. The zero-order chi connectivity index (χ0) is 20.3. The van der Waals surface area contributed by atoms with Gasteiger partial charge in [-0.1, -0.05) is 6.07 Å². The highest BCUT2D eigenvalue weighted by Gasteiger charge is 2.29. The van der Waals surface area contributed by atoms with Gasteiger partial charge in [-0.25, -0.2) is 8.78 Å². The fourth-order valence-corrected chi connectivity index (χ4v) is 3.20. The van der Waals surface area contributed by atoms with E-state index in [4.69, 9.17) is 4.42 Å². The van der Waals surface area contributed by atoms with E-state index < -0.39 is 17.7 Å². The second kappa shape index (κ2) is 8.52. The lowest BCUT2D eigenvalue weighted by Gasteiger charge is -2.37. The molecule has 1 aromatic carbocycles. The van der Waals surface area contributed by atoms with Crippen LogP contribution in [-0.2, 0) is 11.3 Å². The summed E-state index contributed by atoms with van der Waals surface area (Å²) in [5.74, 6) is -1.74. The number of piperazine rings is 1. The van der Waals surface area contributed by atoms with Crippen molar-refractivity contribution in [2.75, 3.05) is 33.2 Å². The van der Waals surface area contributed by atoms with Crippen LogP contribution in [0.3, 0.4) is 0 Å². The summed E-state index contributed by atoms with van der Waals surface area (Å²) >= 11 is 0. The molecular weight excluding hydrogens is 368 g/mol. The molecule has 150 valence electrons. The number of amides is 2. The van der Waals surface area contributed by atoms with Crippen molar-refractivity contribution in [2.24, 2.45) is 0 Å². The quantitative estimate of drug-likeness (QED) is 0.785. The van der Waals surface area contributed by atoms with E-state index in [0.29, 0.717) is 44.0 Å². The van der Waals surface area contributed by atoms with Crippen LogP contribution in [0.5, 0.6) is 0 Å². The van der Waals surface area contributed by atoms with E-state index in [2.05, 4.69) is 0 Å². The number of nitrogens with zero attached hydrogens (tertiary/aromatic N) is 3. The smallest absolute Gasteiger partial charge is 0.289 e. The molecule has 0 N–H and O–H groups in total. The van der Waals surface area contributed by atoms with Gasteiger partial charge < -0.3 is 14.2 Å². The predicted molar refractivity (Wildman–Crippen MR) is 98.5 cm³/mol. The van der Waals surface area contributed by atoms with E-state index in [1.807, 2.05) is 0 Å². The molecule has 1 unspecified atom stereocenters. The zero-order valence-electron chi connectivity index (χ0n) is 15.9. The third-order valence-electron chi connectivity index (χ3n) is 5.05. The van der Waals surface area contributed by atoms with Gasteiger partial charge in [-0.3, -0.25) is 14.5 Å². The Morgan fingerprint density at radius 3 is 2.39 bits per heavy atom. The van der Waals surface area contributed by atoms with Crippen molar-refractivity contribution in [3.63, 3.8) is 0 Å². The first kappa shape index (κ1) is 20.0. The molecule has 1 atom stereocenters. The fraction of sp³-hybridized carbons (Fsp3) is 0.400. The van der Waals surface area contributed by atoms with Crippen LogP contribution in [0.1, 0.15) is 23.0 Å². The molecule has 2 aromatic rings. The molecule has 3 rings (SSSR count). The van der Waals surface area contributed by atoms with Crippen LogP contribution in [0.4, 0.5) is 8.78 Å². The van der Waals surface area contributed by atoms with Gasteiger partial charge in [0.1, 0.15) is 0 Å². The number of rotatable bonds is 5. The lowest BCUT2D eigenvalue weighted by molar-refractivity contribution is -0.137. The van der Waals surface area contributed by atoms with Crippen LogP contribution in [0, 0.1) is 11.6 Å². The topological polar surface area (TPSA) is 57.0 Å². The summed E-state index contributed by atoms with van der Waals surface area (Å²) in [6.07, 6.45) is 1.46. The second-order valence-electron chi connectivity index (χ2n) is 6.93. The van der Waals surface area contributed by atoms with Crippen molar-refractivity contribution < 1.29 is 22.8 Å². The van der Waals surface area contributed by atoms with Crippen LogP contribution in [-0.4, -0.2) is 65.8 Å². The minimum atomic E-state index is -0.901. The van der Waals surface area contributed by atoms with E-state index in [9.17, 15) is 18.4 Å². The Morgan fingerprint density at radius 2 is 1.79 bits per heavy atom. The van der Waals surface area contributed by atoms with Gasteiger partial charge in [0.05, 0.1) is 12.3 Å². The number of hydrogen-bond donors (Lipinski definition) is 0. The lowest BCUT2D eigenvalue weighted by atomic mass is 10.1. The van der Waals surface area contributed by atoms with Crippen molar-refractivity contribution in [1.29, 1.82) is 0 Å². The Hall–Kier alpha value is -2.74. The molecule has 1 aliphatic rings. The second-order valence-corrected chi connectivity index (χ2v) is 6.93. The third kappa shape index (κ3) is 4.39. The number of carbonyl (C=O) groups excluding carboxylic acids is 2. The van der Waals surface area contributed by atoms with Crippen molar-refractivity contribution in [2.45, 2.75) is 19.5 Å². The minimum Gasteiger partial charge on any atom is -0.459 e. The molecule has 0 bridgehead atoms. The highest BCUT2D eigenvalue weighted by Crippen LogP contribution is 2.14. The number of likely N-dealkylation sites (N-methyl/N-ethyl adjacent to an activating group) is 1. The monoisotopic (exact) mass is 391 g/mol. The molecule has 0 aliphatic carbocycles. The van der Waals surface area contributed by atoms with Crippen molar-refractivity contribution >= 4 is 11.8 Å². The largest absolute Gasteiger partial charge is 0.459 e. The molecule has 28 heavy (non-hydrogen) atoms. The Balaban J connectivity index is 1.53. The highest BCUT2D eigenvalue weighted by molar-refractivity contribution is 5.91. The summed E-state index contributed by atoms with van der Waals surface area (Å²) < 4.78 is 31.6. The van der Waals surface area contributed by atoms with Crippen molar-refractivity contribution in [3.05, 3.63) is 59.6 Å². The number of halogens is 2. The molecular formula is C20H23F2N3O3. The minimum absolute atomic E-state index is 0.0600. The van der Waals surface area contributed by atoms with Gasteiger partial charge in [0, 0.05) is 32.7 Å². The Labute approximate surface area is 162 Å². The van der Waals surface area contributed by atoms with Gasteiger partial charge in [-0.2, -0.15) is 0 Å². The molecule has 2 amide bonds. The fourth-order valence-electron chi connectivity index (χ4n) is 3.20. The number of benzene rings is 1. The molecule has 2 heterocycles. The SMILES string of the molecule is CC(C(=O)N1CCN(C(=O)c2ccco2)CC1)N(C)Cc1ccc(F)c(F)c1. The predicted octanol–water partition coefficient (Wildman–Crippen LogP) is 2.36. The summed E-state index contributed by atoms with van der Waals surface area (Å²) in [5.41, 5.74) is 0.593. The average Bonchev–Trinajstić information content (AvgIpc) is 3.24. The Kier molecular flexibility index (Phi) is 6.08. The maximum absolute atomic E-state index is 13.4. The maximum Gasteiger partial charge on any atom is 0.289 e. The maximum atomic E-state index is 13.4. The van der Waals surface area contributed by atoms with Crippen molar-refractivity contribution in [3.8, 4) is 0 Å². The van der Waals surface area contributed by atoms with Crippen LogP contribution in [0.2, 0.25) is 0 Å². The van der Waals surface area contributed by atoms with E-state index >= 15 is 0 Å². The summed E-state index contributed by atoms with van der Waals surface area (Å²) in [6, 6.07) is 6.58. The normalized spacial score (nSPS) is 15.8. The number of carbonyl (C=O) groups is 2. The zero-order valence-corrected chi connectivity index (χ0v) is 15.9. The first-order chi connectivity index (χ1) is 13.4. The van der Waals surface area contributed by atoms with Crippen LogP contribution in [0.15, 0.2) is 41.0 Å². The molecule has 0 spiro atoms. The molecule has 8 heteroatoms. The first-order valence-corrected chi connectivity index (χ1v) is 9.12. The van der Waals surface area contributed by atoms with Gasteiger partial charge in [0.15, 0.2) is 17.4 Å². The standard InChI is InChI=1S/C20H23F2N3O3/c1-14(23(2)13-15-5-6-16(21)17(22)12-15)19(26)24-7-9-25(10-8-24)20(27)18-4-3-11-28-18/h3-6,11-12,14H,7-10,13H2,1-2H3. The summed E-state index contributed by atoms with van der Waals surface area (Å²) in [7, 11) is 1.76. The Morgan fingerprint density at radius 1 is 1.11 bits per heavy atom. The van der Waals surface area contributed by atoms with Crippen LogP contribution < -0.4 is 0 Å². The Bertz CT molecular complexity index is 833. The van der Waals surface area contributed by atoms with Crippen LogP contribution in [0.25, 0.3) is 0 Å². The first-order valence-electron chi connectivity index (χ1n) is 9.12. The van der Waals surface area contributed by atoms with Crippen LogP contribution >= 0.6 is 0 Å². The van der Waals surface area contributed by atoms with E-state index in [1.54, 1.807) is 40.8 Å². The highest BCUT2D eigenvalue weighted by atomic mass is 19.2. The van der Waals surface area contributed by atoms with Gasteiger partial charge in [0.2, 0.25) is 5.91 Å². The number of hydrogen-bond acceptors (Lipinski definition) is 4. The summed E-state index contributed by atoms with van der Waals surface area (Å²) in [5, 5.41) is 0. The van der Waals surface area contributed by atoms with Gasteiger partial charge in [0.25, 0.3) is 5.91 Å². The van der Waals surface area contributed by atoms with E-state index in [-0.39, 0.29) is 11.8 Å². The average molecular weight is 391 g/mol. The molecule has 1 saturated heterocycles. The lowest BCUT2D eigenvalue weighted by Crippen LogP contribution is -2.54. The molecule has 1 fully saturated rings. The molecule has 1 aromatic heterocycles. The molecule has 0 saturated carbocycles. The van der Waals surface area contributed by atoms with Gasteiger partial charge in [-0.05, 0) is 43.8 Å². The number of furan rings is 1. The summed E-state index contributed by atoms with van der Waals surface area (Å²) in [4.78, 5) is 30.3. The van der Waals surface area contributed by atoms with Gasteiger partial charge in [-0.15, -0.1) is 0 Å². The van der Waals surface area contributed by atoms with E-state index in [0.717, 1.165) is 12.1 Å². The van der Waals surface area contributed by atoms with Gasteiger partial charge >= 0.3 is 0 Å². The molecule has 1 aliphatic heterocycles. The molecule has 6 nitrogen and oxygen atoms in total. The summed E-state index contributed by atoms with van der Waals surface area (Å²) in [6.45, 7) is 3.85. The van der Waals surface area contributed by atoms with Crippen molar-refractivity contribution in [1.82, 2.24) is 14.7 Å².